The third-order valence-corrected chi connectivity index (χ3v) is 3.87. The van der Waals surface area contributed by atoms with Crippen LogP contribution in [0.3, 0.4) is 0 Å². The smallest absolute Gasteiger partial charge is 0.269 e. The number of nitrogens with zero attached hydrogens (tertiary/aromatic N) is 2. The zero-order valence-corrected chi connectivity index (χ0v) is 13.7. The predicted molar refractivity (Wildman–Crippen MR) is 97.1 cm³/mol. The van der Waals surface area contributed by atoms with E-state index in [1.54, 1.807) is 36.6 Å². The van der Waals surface area contributed by atoms with Crippen molar-refractivity contribution in [3.05, 3.63) is 69.8 Å². The second-order valence-corrected chi connectivity index (χ2v) is 5.54. The van der Waals surface area contributed by atoms with Crippen molar-refractivity contribution in [3.63, 3.8) is 0 Å². The Bertz CT molecular complexity index is 765. The average molecular weight is 324 g/mol. The molecular weight excluding hydrogens is 304 g/mol. The normalized spacial score (nSPS) is 12.8. The first kappa shape index (κ1) is 17.4. The van der Waals surface area contributed by atoms with Gasteiger partial charge in [0.2, 0.25) is 0 Å². The minimum Gasteiger partial charge on any atom is -0.506 e. The van der Waals surface area contributed by atoms with E-state index < -0.39 is 4.92 Å². The van der Waals surface area contributed by atoms with Crippen LogP contribution in [0.2, 0.25) is 0 Å². The van der Waals surface area contributed by atoms with Crippen molar-refractivity contribution in [1.82, 2.24) is 0 Å². The highest BCUT2D eigenvalue weighted by atomic mass is 16.6. The van der Waals surface area contributed by atoms with Crippen molar-refractivity contribution in [2.75, 3.05) is 0 Å². The molecule has 5 heteroatoms. The van der Waals surface area contributed by atoms with Crippen LogP contribution in [0, 0.1) is 10.1 Å². The standard InChI is InChI=1S/C19H20N2O3/c1-3-14(2)16-8-11-19(22)18(13-16)20-12-4-5-15-6-9-17(10-7-15)21(23)24/h4-14,22H,3H2,1-2H3/b5-4+,20-12?/t14-/m0/s1. The van der Waals surface area contributed by atoms with Crippen LogP contribution in [0.5, 0.6) is 5.75 Å². The molecular formula is C19H20N2O3. The predicted octanol–water partition coefficient (Wildman–Crippen LogP) is 5.23. The maximum absolute atomic E-state index is 10.6. The van der Waals surface area contributed by atoms with E-state index in [4.69, 9.17) is 0 Å². The zero-order chi connectivity index (χ0) is 17.5. The molecule has 0 amide bonds. The van der Waals surface area contributed by atoms with Gasteiger partial charge in [0.05, 0.1) is 4.92 Å². The van der Waals surface area contributed by atoms with Gasteiger partial charge in [-0.3, -0.25) is 15.1 Å². The molecule has 0 aliphatic carbocycles. The molecule has 1 N–H and O–H groups in total. The van der Waals surface area contributed by atoms with E-state index in [0.29, 0.717) is 11.6 Å². The third-order valence-electron chi connectivity index (χ3n) is 3.87. The number of phenols is 1. The lowest BCUT2D eigenvalue weighted by Crippen LogP contribution is -1.90. The van der Waals surface area contributed by atoms with Crippen LogP contribution < -0.4 is 0 Å². The van der Waals surface area contributed by atoms with Crippen molar-refractivity contribution < 1.29 is 10.0 Å². The second kappa shape index (κ2) is 8.06. The molecule has 0 aromatic heterocycles. The van der Waals surface area contributed by atoms with Gasteiger partial charge < -0.3 is 5.11 Å². The van der Waals surface area contributed by atoms with Gasteiger partial charge in [-0.15, -0.1) is 0 Å². The van der Waals surface area contributed by atoms with Gasteiger partial charge in [-0.25, -0.2) is 0 Å². The lowest BCUT2D eigenvalue weighted by molar-refractivity contribution is -0.384. The summed E-state index contributed by atoms with van der Waals surface area (Å²) in [5.41, 5.74) is 2.57. The highest BCUT2D eigenvalue weighted by Crippen LogP contribution is 2.30. The average Bonchev–Trinajstić information content (AvgIpc) is 2.59. The van der Waals surface area contributed by atoms with E-state index in [0.717, 1.165) is 17.5 Å². The number of aromatic hydroxyl groups is 1. The molecule has 0 radical (unpaired) electrons. The first-order chi connectivity index (χ1) is 11.5. The molecule has 0 spiro atoms. The number of non-ortho nitro benzene ring substituents is 1. The van der Waals surface area contributed by atoms with Gasteiger partial charge in [0, 0.05) is 18.3 Å². The monoisotopic (exact) mass is 324 g/mol. The molecule has 0 aliphatic heterocycles. The van der Waals surface area contributed by atoms with E-state index in [9.17, 15) is 15.2 Å². The molecule has 0 unspecified atom stereocenters. The Morgan fingerprint density at radius 2 is 1.96 bits per heavy atom. The summed E-state index contributed by atoms with van der Waals surface area (Å²) in [7, 11) is 0. The molecule has 0 saturated heterocycles. The van der Waals surface area contributed by atoms with E-state index in [1.807, 2.05) is 12.1 Å². The fourth-order valence-electron chi connectivity index (χ4n) is 2.17. The number of hydrogen-bond acceptors (Lipinski definition) is 4. The SMILES string of the molecule is CC[C@H](C)c1ccc(O)c(N=C/C=C/c2ccc([N+](=O)[O-])cc2)c1. The fraction of sp³-hybridized carbons (Fsp3) is 0.211. The van der Waals surface area contributed by atoms with Crippen LogP contribution in [-0.2, 0) is 0 Å². The summed E-state index contributed by atoms with van der Waals surface area (Å²) in [5.74, 6) is 0.553. The van der Waals surface area contributed by atoms with Crippen LogP contribution in [0.25, 0.3) is 6.08 Å². The van der Waals surface area contributed by atoms with Crippen LogP contribution in [0.4, 0.5) is 11.4 Å². The minimum absolute atomic E-state index is 0.0626. The van der Waals surface area contributed by atoms with E-state index in [2.05, 4.69) is 18.8 Å². The maximum atomic E-state index is 10.6. The van der Waals surface area contributed by atoms with Crippen LogP contribution in [0.15, 0.2) is 53.5 Å². The number of aliphatic imine (C=N–C) groups is 1. The van der Waals surface area contributed by atoms with Gasteiger partial charge in [0.15, 0.2) is 0 Å². The van der Waals surface area contributed by atoms with Gasteiger partial charge >= 0.3 is 0 Å². The number of allylic oxidation sites excluding steroid dienone is 1. The van der Waals surface area contributed by atoms with E-state index in [-0.39, 0.29) is 11.4 Å². The fourth-order valence-corrected chi connectivity index (χ4v) is 2.17. The minimum atomic E-state index is -0.429. The van der Waals surface area contributed by atoms with Crippen LogP contribution >= 0.6 is 0 Å². The van der Waals surface area contributed by atoms with E-state index in [1.165, 1.54) is 12.1 Å². The second-order valence-electron chi connectivity index (χ2n) is 5.54. The van der Waals surface area contributed by atoms with E-state index >= 15 is 0 Å². The van der Waals surface area contributed by atoms with Crippen molar-refractivity contribution in [1.29, 1.82) is 0 Å². The molecule has 2 aromatic carbocycles. The third kappa shape index (κ3) is 4.52. The summed E-state index contributed by atoms with van der Waals surface area (Å²) in [5, 5.41) is 20.5. The Morgan fingerprint density at radius 1 is 1.25 bits per heavy atom. The van der Waals surface area contributed by atoms with Crippen molar-refractivity contribution >= 4 is 23.7 Å². The van der Waals surface area contributed by atoms with Crippen molar-refractivity contribution in [2.24, 2.45) is 4.99 Å². The Labute approximate surface area is 141 Å². The van der Waals surface area contributed by atoms with Gasteiger partial charge in [0.25, 0.3) is 5.69 Å². The van der Waals surface area contributed by atoms with Crippen LogP contribution in [-0.4, -0.2) is 16.2 Å². The molecule has 0 heterocycles. The first-order valence-corrected chi connectivity index (χ1v) is 7.79. The number of nitro groups is 1. The summed E-state index contributed by atoms with van der Waals surface area (Å²) in [6.07, 6.45) is 6.14. The highest BCUT2D eigenvalue weighted by Gasteiger charge is 2.06. The molecule has 5 nitrogen and oxygen atoms in total. The lowest BCUT2D eigenvalue weighted by Gasteiger charge is -2.10. The molecule has 24 heavy (non-hydrogen) atoms. The van der Waals surface area contributed by atoms with Crippen molar-refractivity contribution in [3.8, 4) is 5.75 Å². The molecule has 2 rings (SSSR count). The first-order valence-electron chi connectivity index (χ1n) is 7.79. The molecule has 1 atom stereocenters. The Balaban J connectivity index is 2.09. The highest BCUT2D eigenvalue weighted by molar-refractivity contribution is 5.81. The zero-order valence-electron chi connectivity index (χ0n) is 13.7. The number of hydrogen-bond donors (Lipinski definition) is 1. The molecule has 2 aromatic rings. The molecule has 0 saturated carbocycles. The lowest BCUT2D eigenvalue weighted by atomic mass is 9.98. The molecule has 0 aliphatic rings. The number of nitro benzene ring substituents is 1. The number of benzene rings is 2. The number of phenolic OH excluding ortho intramolecular Hbond substituents is 1. The molecule has 0 fully saturated rings. The summed E-state index contributed by atoms with van der Waals surface area (Å²) < 4.78 is 0. The van der Waals surface area contributed by atoms with Gasteiger partial charge in [-0.2, -0.15) is 0 Å². The van der Waals surface area contributed by atoms with Gasteiger partial charge in [-0.1, -0.05) is 26.0 Å². The van der Waals surface area contributed by atoms with Crippen LogP contribution in [0.1, 0.15) is 37.3 Å². The Kier molecular flexibility index (Phi) is 5.84. The van der Waals surface area contributed by atoms with Crippen molar-refractivity contribution in [2.45, 2.75) is 26.2 Å². The molecule has 0 bridgehead atoms. The largest absolute Gasteiger partial charge is 0.506 e. The maximum Gasteiger partial charge on any atom is 0.269 e. The molecule has 124 valence electrons. The van der Waals surface area contributed by atoms with Gasteiger partial charge in [-0.05, 0) is 53.8 Å². The summed E-state index contributed by atoms with van der Waals surface area (Å²) in [6, 6.07) is 11.7. The van der Waals surface area contributed by atoms with Gasteiger partial charge in [0.1, 0.15) is 11.4 Å². The summed E-state index contributed by atoms with van der Waals surface area (Å²) in [6.45, 7) is 4.25. The topological polar surface area (TPSA) is 75.7 Å². The summed E-state index contributed by atoms with van der Waals surface area (Å²) >= 11 is 0. The Morgan fingerprint density at radius 3 is 2.58 bits per heavy atom. The number of rotatable bonds is 6. The quantitative estimate of drug-likeness (QED) is 0.449. The summed E-state index contributed by atoms with van der Waals surface area (Å²) in [4.78, 5) is 14.4. The Hall–Kier alpha value is -2.95.